The van der Waals surface area contributed by atoms with Gasteiger partial charge in [0.15, 0.2) is 4.34 Å². The maximum Gasteiger partial charge on any atom is 0.335 e. The molecule has 0 unspecified atom stereocenters. The van der Waals surface area contributed by atoms with E-state index in [9.17, 15) is 9.90 Å². The van der Waals surface area contributed by atoms with Crippen molar-refractivity contribution in [2.24, 2.45) is 0 Å². The van der Waals surface area contributed by atoms with Crippen LogP contribution in [0.3, 0.4) is 0 Å². The van der Waals surface area contributed by atoms with Crippen molar-refractivity contribution in [2.75, 3.05) is 0 Å². The van der Waals surface area contributed by atoms with Gasteiger partial charge >= 0.3 is 5.97 Å². The molecule has 0 spiro atoms. The Labute approximate surface area is 126 Å². The lowest BCUT2D eigenvalue weighted by Crippen LogP contribution is -2.15. The second kappa shape index (κ2) is 5.54. The third-order valence-corrected chi connectivity index (χ3v) is 4.58. The van der Waals surface area contributed by atoms with Crippen molar-refractivity contribution >= 4 is 29.1 Å². The molecule has 1 N–H and O–H groups in total. The number of aromatic carboxylic acids is 1. The molecule has 0 atom stereocenters. The van der Waals surface area contributed by atoms with Gasteiger partial charge in [0.25, 0.3) is 0 Å². The third-order valence-electron chi connectivity index (χ3n) is 2.61. The second-order valence-electron chi connectivity index (χ2n) is 5.49. The van der Waals surface area contributed by atoms with Crippen molar-refractivity contribution in [3.05, 3.63) is 34.5 Å². The molecule has 0 saturated carbocycles. The molecule has 0 aliphatic heterocycles. The number of nitrogens with zero attached hydrogens (tertiary/aromatic N) is 2. The lowest BCUT2D eigenvalue weighted by molar-refractivity contribution is 0.0696. The molecule has 0 bridgehead atoms. The van der Waals surface area contributed by atoms with Crippen LogP contribution in [0.25, 0.3) is 0 Å². The normalized spacial score (nSPS) is 11.6. The highest BCUT2D eigenvalue weighted by Crippen LogP contribution is 2.31. The van der Waals surface area contributed by atoms with Gasteiger partial charge in [-0.1, -0.05) is 20.8 Å². The average Bonchev–Trinajstić information content (AvgIpc) is 2.73. The Balaban J connectivity index is 2.41. The summed E-state index contributed by atoms with van der Waals surface area (Å²) >= 11 is 2.94. The predicted molar refractivity (Wildman–Crippen MR) is 80.9 cm³/mol. The van der Waals surface area contributed by atoms with Crippen molar-refractivity contribution in [3.63, 3.8) is 0 Å². The van der Waals surface area contributed by atoms with Crippen LogP contribution < -0.4 is 0 Å². The fraction of sp³-hybridized carbons (Fsp3) is 0.357. The molecular formula is C14H16N2O2S2. The number of hydrogen-bond donors (Lipinski definition) is 1. The van der Waals surface area contributed by atoms with E-state index in [4.69, 9.17) is 0 Å². The molecule has 0 aliphatic carbocycles. The van der Waals surface area contributed by atoms with Crippen molar-refractivity contribution in [1.82, 2.24) is 9.97 Å². The summed E-state index contributed by atoms with van der Waals surface area (Å²) in [6, 6.07) is 3.23. The summed E-state index contributed by atoms with van der Waals surface area (Å²) in [4.78, 5) is 20.2. The van der Waals surface area contributed by atoms with E-state index < -0.39 is 5.97 Å². The van der Waals surface area contributed by atoms with E-state index in [2.05, 4.69) is 9.97 Å². The van der Waals surface area contributed by atoms with Gasteiger partial charge in [0.05, 0.1) is 5.56 Å². The SMILES string of the molecule is Cc1csc(Sc2cc(C(=O)O)cc(C(C)(C)C)n2)n1. The zero-order valence-electron chi connectivity index (χ0n) is 11.8. The van der Waals surface area contributed by atoms with Gasteiger partial charge in [0.2, 0.25) is 0 Å². The van der Waals surface area contributed by atoms with E-state index in [0.717, 1.165) is 15.7 Å². The quantitative estimate of drug-likeness (QED) is 0.928. The molecule has 0 fully saturated rings. The number of carboxylic acid groups (broad SMARTS) is 1. The summed E-state index contributed by atoms with van der Waals surface area (Å²) < 4.78 is 0.873. The number of thiazole rings is 1. The molecule has 0 amide bonds. The van der Waals surface area contributed by atoms with Crippen molar-refractivity contribution in [1.29, 1.82) is 0 Å². The molecule has 0 radical (unpaired) electrons. The van der Waals surface area contributed by atoms with Gasteiger partial charge in [-0.3, -0.25) is 0 Å². The van der Waals surface area contributed by atoms with Crippen LogP contribution in [-0.4, -0.2) is 21.0 Å². The Hall–Kier alpha value is -1.40. The van der Waals surface area contributed by atoms with Crippen molar-refractivity contribution in [3.8, 4) is 0 Å². The monoisotopic (exact) mass is 308 g/mol. The molecule has 20 heavy (non-hydrogen) atoms. The van der Waals surface area contributed by atoms with Crippen LogP contribution in [0, 0.1) is 6.92 Å². The number of carboxylic acids is 1. The molecule has 2 heterocycles. The van der Waals surface area contributed by atoms with E-state index in [-0.39, 0.29) is 11.0 Å². The maximum absolute atomic E-state index is 11.2. The van der Waals surface area contributed by atoms with Crippen LogP contribution in [0.5, 0.6) is 0 Å². The number of pyridine rings is 1. The first-order chi connectivity index (χ1) is 9.25. The molecule has 106 valence electrons. The number of carbonyl (C=O) groups is 1. The average molecular weight is 308 g/mol. The van der Waals surface area contributed by atoms with Crippen LogP contribution in [0.2, 0.25) is 0 Å². The largest absolute Gasteiger partial charge is 0.478 e. The molecular weight excluding hydrogens is 292 g/mol. The molecule has 4 nitrogen and oxygen atoms in total. The summed E-state index contributed by atoms with van der Waals surface area (Å²) in [7, 11) is 0. The Morgan fingerprint density at radius 2 is 2.00 bits per heavy atom. The zero-order chi connectivity index (χ0) is 14.9. The van der Waals surface area contributed by atoms with Gasteiger partial charge < -0.3 is 5.11 Å². The van der Waals surface area contributed by atoms with E-state index in [1.807, 2.05) is 33.1 Å². The van der Waals surface area contributed by atoms with Gasteiger partial charge in [-0.05, 0) is 30.8 Å². The summed E-state index contributed by atoms with van der Waals surface area (Å²) in [5.41, 5.74) is 1.80. The molecule has 2 aromatic rings. The minimum Gasteiger partial charge on any atom is -0.478 e. The Morgan fingerprint density at radius 3 is 2.50 bits per heavy atom. The Bertz CT molecular complexity index is 645. The van der Waals surface area contributed by atoms with Gasteiger partial charge in [-0.2, -0.15) is 0 Å². The Morgan fingerprint density at radius 1 is 1.30 bits per heavy atom. The number of aromatic nitrogens is 2. The molecule has 0 aliphatic rings. The lowest BCUT2D eigenvalue weighted by Gasteiger charge is -2.18. The van der Waals surface area contributed by atoms with Crippen LogP contribution in [0.1, 0.15) is 42.5 Å². The highest BCUT2D eigenvalue weighted by Gasteiger charge is 2.19. The summed E-state index contributed by atoms with van der Waals surface area (Å²) in [5.74, 6) is -0.935. The standard InChI is InChI=1S/C14H16N2O2S2/c1-8-7-19-13(15-8)20-11-6-9(12(17)18)5-10(16-11)14(2,3)4/h5-7H,1-4H3,(H,17,18). The van der Waals surface area contributed by atoms with E-state index in [0.29, 0.717) is 5.03 Å². The second-order valence-corrected chi connectivity index (χ2v) is 7.62. The zero-order valence-corrected chi connectivity index (χ0v) is 13.4. The van der Waals surface area contributed by atoms with E-state index >= 15 is 0 Å². The molecule has 0 aromatic carbocycles. The fourth-order valence-corrected chi connectivity index (χ4v) is 3.35. The summed E-state index contributed by atoms with van der Waals surface area (Å²) in [6.45, 7) is 7.98. The Kier molecular flexibility index (Phi) is 4.15. The minimum atomic E-state index is -0.935. The third kappa shape index (κ3) is 3.58. The smallest absolute Gasteiger partial charge is 0.335 e. The molecule has 0 saturated heterocycles. The molecule has 6 heteroatoms. The summed E-state index contributed by atoms with van der Waals surface area (Å²) in [6.07, 6.45) is 0. The number of aryl methyl sites for hydroxylation is 1. The van der Waals surface area contributed by atoms with Gasteiger partial charge in [-0.15, -0.1) is 11.3 Å². The topological polar surface area (TPSA) is 63.1 Å². The first kappa shape index (κ1) is 15.0. The van der Waals surface area contributed by atoms with Crippen molar-refractivity contribution in [2.45, 2.75) is 42.5 Å². The van der Waals surface area contributed by atoms with Crippen LogP contribution >= 0.6 is 23.1 Å². The minimum absolute atomic E-state index is 0.195. The number of hydrogen-bond acceptors (Lipinski definition) is 5. The highest BCUT2D eigenvalue weighted by molar-refractivity contribution is 8.01. The first-order valence-electron chi connectivity index (χ1n) is 6.11. The van der Waals surface area contributed by atoms with E-state index in [1.165, 1.54) is 23.1 Å². The van der Waals surface area contributed by atoms with Gasteiger partial charge in [0, 0.05) is 22.2 Å². The predicted octanol–water partition coefficient (Wildman–Crippen LogP) is 3.99. The lowest BCUT2D eigenvalue weighted by atomic mass is 9.91. The van der Waals surface area contributed by atoms with Gasteiger partial charge in [0.1, 0.15) is 5.03 Å². The van der Waals surface area contributed by atoms with Crippen LogP contribution in [-0.2, 0) is 5.41 Å². The fourth-order valence-electron chi connectivity index (χ4n) is 1.53. The maximum atomic E-state index is 11.2. The first-order valence-corrected chi connectivity index (χ1v) is 7.81. The molecule has 2 aromatic heterocycles. The van der Waals surface area contributed by atoms with Gasteiger partial charge in [-0.25, -0.2) is 14.8 Å². The van der Waals surface area contributed by atoms with Crippen LogP contribution in [0.15, 0.2) is 26.9 Å². The summed E-state index contributed by atoms with van der Waals surface area (Å²) in [5, 5.41) is 11.9. The number of rotatable bonds is 3. The van der Waals surface area contributed by atoms with Crippen molar-refractivity contribution < 1.29 is 9.90 Å². The highest BCUT2D eigenvalue weighted by atomic mass is 32.2. The van der Waals surface area contributed by atoms with Crippen LogP contribution in [0.4, 0.5) is 0 Å². The van der Waals surface area contributed by atoms with E-state index in [1.54, 1.807) is 12.1 Å². The molecule has 2 rings (SSSR count).